The van der Waals surface area contributed by atoms with Crippen molar-refractivity contribution in [2.24, 2.45) is 11.8 Å². The molecule has 4 nitrogen and oxygen atoms in total. The number of anilines is 1. The Balaban J connectivity index is 1.99. The lowest BCUT2D eigenvalue weighted by molar-refractivity contribution is -0.132. The number of amides is 2. The Hall–Kier alpha value is -1.68. The molecule has 1 aliphatic heterocycles. The maximum Gasteiger partial charge on any atom is 0.236 e. The van der Waals surface area contributed by atoms with E-state index in [0.717, 1.165) is 12.8 Å². The molecule has 1 N–H and O–H groups in total. The number of fused-ring (bicyclic) bond motifs is 2. The Labute approximate surface area is 105 Å². The third-order valence-electron chi connectivity index (χ3n) is 3.92. The summed E-state index contributed by atoms with van der Waals surface area (Å²) in [7, 11) is 0. The highest BCUT2D eigenvalue weighted by atomic mass is 16.3. The molecule has 2 unspecified atom stereocenters. The first kappa shape index (κ1) is 11.4. The number of carbonyl (C=O) groups excluding carboxylic acids is 2. The predicted octanol–water partition coefficient (Wildman–Crippen LogP) is 1.47. The van der Waals surface area contributed by atoms with Gasteiger partial charge in [0.05, 0.1) is 12.3 Å². The van der Waals surface area contributed by atoms with Gasteiger partial charge in [0.15, 0.2) is 0 Å². The molecule has 0 radical (unpaired) electrons. The van der Waals surface area contributed by atoms with Crippen LogP contribution in [0.3, 0.4) is 0 Å². The summed E-state index contributed by atoms with van der Waals surface area (Å²) in [4.78, 5) is 25.8. The molecule has 94 valence electrons. The van der Waals surface area contributed by atoms with E-state index in [1.54, 1.807) is 24.3 Å². The van der Waals surface area contributed by atoms with Crippen molar-refractivity contribution in [1.29, 1.82) is 0 Å². The van der Waals surface area contributed by atoms with Crippen molar-refractivity contribution in [2.45, 2.75) is 25.9 Å². The Morgan fingerprint density at radius 1 is 1.17 bits per heavy atom. The Kier molecular flexibility index (Phi) is 2.67. The number of imide groups is 1. The zero-order chi connectivity index (χ0) is 12.7. The van der Waals surface area contributed by atoms with E-state index in [0.29, 0.717) is 17.7 Å². The smallest absolute Gasteiger partial charge is 0.236 e. The second kappa shape index (κ2) is 4.21. The molecule has 2 amide bonds. The average molecular weight is 245 g/mol. The van der Waals surface area contributed by atoms with Crippen LogP contribution in [0.25, 0.3) is 0 Å². The van der Waals surface area contributed by atoms with Gasteiger partial charge in [0.25, 0.3) is 0 Å². The van der Waals surface area contributed by atoms with Gasteiger partial charge in [0, 0.05) is 11.8 Å². The van der Waals surface area contributed by atoms with E-state index in [1.165, 1.54) is 4.90 Å². The first-order valence-electron chi connectivity index (χ1n) is 6.28. The van der Waals surface area contributed by atoms with Crippen LogP contribution in [-0.2, 0) is 16.2 Å². The Morgan fingerprint density at radius 3 is 2.44 bits per heavy atom. The van der Waals surface area contributed by atoms with Gasteiger partial charge in [-0.2, -0.15) is 0 Å². The number of rotatable bonds is 2. The van der Waals surface area contributed by atoms with Gasteiger partial charge in [-0.05, 0) is 37.0 Å². The summed E-state index contributed by atoms with van der Waals surface area (Å²) < 4.78 is 0. The molecule has 0 aromatic heterocycles. The molecular weight excluding hydrogens is 230 g/mol. The number of carbonyl (C=O) groups is 2. The molecule has 1 aromatic rings. The van der Waals surface area contributed by atoms with E-state index in [9.17, 15) is 9.59 Å². The molecule has 2 fully saturated rings. The van der Waals surface area contributed by atoms with E-state index in [2.05, 4.69) is 0 Å². The quantitative estimate of drug-likeness (QED) is 0.803. The van der Waals surface area contributed by atoms with Gasteiger partial charge in [-0.25, -0.2) is 0 Å². The SMILES string of the molecule is O=C1C2CCC(C2)C(=O)N1c1cccc(CO)c1. The van der Waals surface area contributed by atoms with Gasteiger partial charge in [-0.3, -0.25) is 14.5 Å². The molecule has 4 heteroatoms. The lowest BCUT2D eigenvalue weighted by atomic mass is 9.96. The average Bonchev–Trinajstić information content (AvgIpc) is 2.84. The van der Waals surface area contributed by atoms with Crippen LogP contribution in [0.1, 0.15) is 24.8 Å². The van der Waals surface area contributed by atoms with Gasteiger partial charge in [-0.1, -0.05) is 12.1 Å². The normalized spacial score (nSPS) is 26.8. The Morgan fingerprint density at radius 2 is 1.83 bits per heavy atom. The standard InChI is InChI=1S/C14H15NO3/c16-8-9-2-1-3-12(6-9)15-13(17)10-4-5-11(7-10)14(15)18/h1-3,6,10-11,16H,4-5,7-8H2. The van der Waals surface area contributed by atoms with Crippen LogP contribution < -0.4 is 4.90 Å². The van der Waals surface area contributed by atoms with Crippen molar-refractivity contribution >= 4 is 17.5 Å². The van der Waals surface area contributed by atoms with Crippen LogP contribution in [0.5, 0.6) is 0 Å². The molecule has 1 aromatic carbocycles. The highest BCUT2D eigenvalue weighted by molar-refractivity contribution is 6.18. The third-order valence-corrected chi connectivity index (χ3v) is 3.92. The summed E-state index contributed by atoms with van der Waals surface area (Å²) in [6.07, 6.45) is 2.37. The minimum atomic E-state index is -0.0864. The van der Waals surface area contributed by atoms with E-state index in [-0.39, 0.29) is 30.3 Å². The summed E-state index contributed by atoms with van der Waals surface area (Å²) in [6, 6.07) is 7.00. The van der Waals surface area contributed by atoms with Crippen molar-refractivity contribution in [3.63, 3.8) is 0 Å². The van der Waals surface area contributed by atoms with Crippen molar-refractivity contribution in [2.75, 3.05) is 4.90 Å². The summed E-state index contributed by atoms with van der Waals surface area (Å²) in [6.45, 7) is -0.0864. The summed E-state index contributed by atoms with van der Waals surface area (Å²) in [5.74, 6) is -0.149. The minimum Gasteiger partial charge on any atom is -0.392 e. The van der Waals surface area contributed by atoms with E-state index in [1.807, 2.05) is 0 Å². The van der Waals surface area contributed by atoms with Crippen molar-refractivity contribution in [1.82, 2.24) is 0 Å². The van der Waals surface area contributed by atoms with Gasteiger partial charge in [-0.15, -0.1) is 0 Å². The molecule has 18 heavy (non-hydrogen) atoms. The first-order chi connectivity index (χ1) is 8.70. The second-order valence-electron chi connectivity index (χ2n) is 5.05. The molecule has 3 rings (SSSR count). The van der Waals surface area contributed by atoms with Gasteiger partial charge in [0.1, 0.15) is 0 Å². The lowest BCUT2D eigenvalue weighted by Crippen LogP contribution is -2.46. The highest BCUT2D eigenvalue weighted by Crippen LogP contribution is 2.40. The number of hydrogen-bond donors (Lipinski definition) is 1. The number of hydrogen-bond acceptors (Lipinski definition) is 3. The van der Waals surface area contributed by atoms with Crippen molar-refractivity contribution < 1.29 is 14.7 Å². The highest BCUT2D eigenvalue weighted by Gasteiger charge is 2.45. The Bertz CT molecular complexity index is 490. The predicted molar refractivity (Wildman–Crippen MR) is 65.7 cm³/mol. The topological polar surface area (TPSA) is 57.6 Å². The maximum atomic E-state index is 12.2. The molecule has 1 heterocycles. The van der Waals surface area contributed by atoms with Gasteiger partial charge >= 0.3 is 0 Å². The van der Waals surface area contributed by atoms with Crippen LogP contribution >= 0.6 is 0 Å². The van der Waals surface area contributed by atoms with Gasteiger partial charge < -0.3 is 5.11 Å². The minimum absolute atomic E-state index is 0.00508. The zero-order valence-electron chi connectivity index (χ0n) is 10.0. The second-order valence-corrected chi connectivity index (χ2v) is 5.05. The third kappa shape index (κ3) is 1.64. The van der Waals surface area contributed by atoms with E-state index >= 15 is 0 Å². The molecule has 0 spiro atoms. The zero-order valence-corrected chi connectivity index (χ0v) is 10.0. The van der Waals surface area contributed by atoms with Crippen molar-refractivity contribution in [3.05, 3.63) is 29.8 Å². The largest absolute Gasteiger partial charge is 0.392 e. The van der Waals surface area contributed by atoms with Crippen molar-refractivity contribution in [3.8, 4) is 0 Å². The summed E-state index contributed by atoms with van der Waals surface area (Å²) in [5.41, 5.74) is 1.30. The number of nitrogens with zero attached hydrogens (tertiary/aromatic N) is 1. The molecule has 1 aliphatic carbocycles. The van der Waals surface area contributed by atoms with E-state index in [4.69, 9.17) is 5.11 Å². The molecule has 2 atom stereocenters. The number of benzene rings is 1. The van der Waals surface area contributed by atoms with Crippen LogP contribution in [0.2, 0.25) is 0 Å². The van der Waals surface area contributed by atoms with Crippen LogP contribution in [-0.4, -0.2) is 16.9 Å². The fraction of sp³-hybridized carbons (Fsp3) is 0.429. The maximum absolute atomic E-state index is 12.2. The van der Waals surface area contributed by atoms with Gasteiger partial charge in [0.2, 0.25) is 11.8 Å². The number of piperidine rings is 1. The van der Waals surface area contributed by atoms with Crippen LogP contribution in [0.15, 0.2) is 24.3 Å². The monoisotopic (exact) mass is 245 g/mol. The van der Waals surface area contributed by atoms with Crippen LogP contribution in [0, 0.1) is 11.8 Å². The molecule has 2 bridgehead atoms. The molecule has 2 aliphatic rings. The fourth-order valence-corrected chi connectivity index (χ4v) is 2.95. The number of aliphatic hydroxyl groups excluding tert-OH is 1. The molecule has 1 saturated heterocycles. The molecular formula is C14H15NO3. The summed E-state index contributed by atoms with van der Waals surface area (Å²) in [5, 5.41) is 9.12. The fourth-order valence-electron chi connectivity index (χ4n) is 2.95. The number of aliphatic hydroxyl groups is 1. The van der Waals surface area contributed by atoms with E-state index < -0.39 is 0 Å². The molecule has 1 saturated carbocycles. The first-order valence-corrected chi connectivity index (χ1v) is 6.28. The summed E-state index contributed by atoms with van der Waals surface area (Å²) >= 11 is 0. The van der Waals surface area contributed by atoms with Crippen LogP contribution in [0.4, 0.5) is 5.69 Å². The lowest BCUT2D eigenvalue weighted by Gasteiger charge is -2.29.